The number of ether oxygens (including phenoxy) is 5. The van der Waals surface area contributed by atoms with Crippen LogP contribution in [0.4, 0.5) is 4.79 Å². The molecular formula is C42H64N6O10. The number of Topliss-reactive ketones (excluding diaryl/α,β-unsaturated/α-hetero) is 1. The molecule has 0 saturated carbocycles. The number of hydrogen-bond donors (Lipinski definition) is 1. The highest BCUT2D eigenvalue weighted by atomic mass is 16.7. The Morgan fingerprint density at radius 2 is 1.78 bits per heavy atom. The zero-order chi connectivity index (χ0) is 42.4. The number of nitrogens with zero attached hydrogens (tertiary/aromatic N) is 6. The number of ketones is 1. The van der Waals surface area contributed by atoms with Gasteiger partial charge in [-0.2, -0.15) is 9.75 Å². The average Bonchev–Trinajstić information content (AvgIpc) is 3.68. The third-order valence-corrected chi connectivity index (χ3v) is 13.3. The number of rotatable bonds is 9. The highest BCUT2D eigenvalue weighted by Crippen LogP contribution is 2.44. The molecule has 6 rings (SSSR count). The number of hydrogen-bond acceptors (Lipinski definition) is 13. The first-order valence-electron chi connectivity index (χ1n) is 20.8. The van der Waals surface area contributed by atoms with Crippen LogP contribution in [0.25, 0.3) is 11.0 Å². The van der Waals surface area contributed by atoms with E-state index in [9.17, 15) is 24.7 Å². The molecule has 322 valence electrons. The van der Waals surface area contributed by atoms with E-state index in [-0.39, 0.29) is 31.7 Å². The molecule has 0 unspecified atom stereocenters. The Morgan fingerprint density at radius 3 is 2.45 bits per heavy atom. The molecule has 0 spiro atoms. The van der Waals surface area contributed by atoms with Gasteiger partial charge in [0.2, 0.25) is 6.67 Å². The van der Waals surface area contributed by atoms with Crippen molar-refractivity contribution in [3.8, 4) is 0 Å². The molecule has 1 aromatic heterocycles. The first-order chi connectivity index (χ1) is 27.4. The van der Waals surface area contributed by atoms with Crippen LogP contribution in [0.2, 0.25) is 0 Å². The Balaban J connectivity index is 1.41. The molecule has 1 N–H and O–H groups in total. The molecule has 58 heavy (non-hydrogen) atoms. The number of aliphatic hydroxyl groups is 1. The van der Waals surface area contributed by atoms with Crippen molar-refractivity contribution in [3.63, 3.8) is 0 Å². The van der Waals surface area contributed by atoms with E-state index >= 15 is 0 Å². The number of carbonyl (C=O) groups excluding carboxylic acids is 3. The Morgan fingerprint density at radius 1 is 1.07 bits per heavy atom. The smallest absolute Gasteiger partial charge is 0.425 e. The minimum Gasteiger partial charge on any atom is -0.623 e. The van der Waals surface area contributed by atoms with Crippen molar-refractivity contribution >= 4 is 34.6 Å². The fraction of sp³-hybridized carbons (Fsp3) is 0.738. The summed E-state index contributed by atoms with van der Waals surface area (Å²) in [5.74, 6) is -4.43. The summed E-state index contributed by atoms with van der Waals surface area (Å²) in [4.78, 5) is 49.1. The van der Waals surface area contributed by atoms with Gasteiger partial charge in [0.1, 0.15) is 24.2 Å². The molecule has 3 fully saturated rings. The van der Waals surface area contributed by atoms with E-state index in [2.05, 4.69) is 9.55 Å². The molecule has 5 heterocycles. The van der Waals surface area contributed by atoms with Crippen LogP contribution in [0, 0.1) is 28.9 Å². The number of hydroxylamine groups is 1. The standard InChI is InChI=1S/C42H64N6O10/c1-12-32-42(8)36-26(4)33(47(53)23-46(48(36)40(52)58-42)19-15-18-45-22-43-29-16-13-14-17-30(29)45)24(2)21-41(7,54-11)37(27(5)34(49)28(6)38(51)56-32)57-39-35(50)31(44(9)10)20-25(3)55-39/h13-14,16-17,22,24-28,31-32,35-37,39,50H,12,15,18-21,23H2,1-11H3/t24-,25-,26+,27+,28-,31+,32+,35-,36-,37-,39+,41+,42-/m1/s1. The minimum atomic E-state index is -1.39. The number of benzene rings is 1. The molecule has 1 aromatic carbocycles. The van der Waals surface area contributed by atoms with Crippen LogP contribution in [-0.4, -0.2) is 146 Å². The second-order valence-electron chi connectivity index (χ2n) is 17.6. The van der Waals surface area contributed by atoms with Crippen molar-refractivity contribution in [2.45, 2.75) is 142 Å². The number of likely N-dealkylation sites (N-methyl/N-ethyl adjacent to an activating group) is 1. The van der Waals surface area contributed by atoms with Gasteiger partial charge in [0.25, 0.3) is 0 Å². The Bertz CT molecular complexity index is 1850. The molecule has 2 aromatic rings. The van der Waals surface area contributed by atoms with Crippen LogP contribution >= 0.6 is 0 Å². The normalized spacial score (nSPS) is 38.2. The maximum atomic E-state index is 14.7. The van der Waals surface area contributed by atoms with Gasteiger partial charge in [0.05, 0.1) is 41.1 Å². The summed E-state index contributed by atoms with van der Waals surface area (Å²) < 4.78 is 34.7. The molecule has 13 atom stereocenters. The molecule has 4 aliphatic heterocycles. The first-order valence-corrected chi connectivity index (χ1v) is 20.8. The first kappa shape index (κ1) is 43.9. The van der Waals surface area contributed by atoms with Gasteiger partial charge in [-0.25, -0.2) is 14.8 Å². The third-order valence-electron chi connectivity index (χ3n) is 13.3. The molecule has 4 aliphatic rings. The van der Waals surface area contributed by atoms with Gasteiger partial charge in [-0.3, -0.25) is 9.59 Å². The van der Waals surface area contributed by atoms with Crippen molar-refractivity contribution in [2.75, 3.05) is 34.4 Å². The fourth-order valence-electron chi connectivity index (χ4n) is 10.2. The maximum absolute atomic E-state index is 14.7. The predicted molar refractivity (Wildman–Crippen MR) is 214 cm³/mol. The van der Waals surface area contributed by atoms with Crippen LogP contribution in [0.5, 0.6) is 0 Å². The molecule has 2 bridgehead atoms. The summed E-state index contributed by atoms with van der Waals surface area (Å²) in [6.07, 6.45) is -1.62. The lowest BCUT2D eigenvalue weighted by Gasteiger charge is -2.47. The molecular weight excluding hydrogens is 748 g/mol. The van der Waals surface area contributed by atoms with Gasteiger partial charge in [-0.1, -0.05) is 39.8 Å². The average molecular weight is 813 g/mol. The number of aryl methyl sites for hydroxylation is 1. The van der Waals surface area contributed by atoms with E-state index in [0.717, 1.165) is 15.8 Å². The molecule has 1 amide bonds. The number of fused-ring (bicyclic) bond motifs is 2. The van der Waals surface area contributed by atoms with E-state index in [4.69, 9.17) is 23.7 Å². The van der Waals surface area contributed by atoms with Crippen molar-refractivity contribution in [1.29, 1.82) is 0 Å². The maximum Gasteiger partial charge on any atom is 0.425 e. The number of carbonyl (C=O) groups is 3. The number of aromatic nitrogens is 2. The number of imidazole rings is 1. The molecule has 16 nitrogen and oxygen atoms in total. The summed E-state index contributed by atoms with van der Waals surface area (Å²) in [5.41, 5.74) is -0.267. The van der Waals surface area contributed by atoms with E-state index < -0.39 is 83.4 Å². The summed E-state index contributed by atoms with van der Waals surface area (Å²) in [6.45, 7) is 15.1. The second kappa shape index (κ2) is 17.1. The van der Waals surface area contributed by atoms with Crippen molar-refractivity contribution in [1.82, 2.24) is 24.5 Å². The van der Waals surface area contributed by atoms with Crippen LogP contribution < -0.4 is 0 Å². The number of methoxy groups -OCH3 is 1. The van der Waals surface area contributed by atoms with E-state index in [1.807, 2.05) is 77.9 Å². The second-order valence-corrected chi connectivity index (χ2v) is 17.6. The lowest BCUT2D eigenvalue weighted by Crippen LogP contribution is -2.61. The molecule has 16 heteroatoms. The monoisotopic (exact) mass is 812 g/mol. The van der Waals surface area contributed by atoms with Gasteiger partial charge in [-0.05, 0) is 79.6 Å². The number of hydrazine groups is 1. The van der Waals surface area contributed by atoms with Crippen molar-refractivity contribution in [3.05, 3.63) is 35.8 Å². The zero-order valence-electron chi connectivity index (χ0n) is 36.0. The quantitative estimate of drug-likeness (QED) is 0.166. The van der Waals surface area contributed by atoms with Crippen LogP contribution in [0.15, 0.2) is 30.6 Å². The summed E-state index contributed by atoms with van der Waals surface area (Å²) >= 11 is 0. The lowest BCUT2D eigenvalue weighted by molar-refractivity contribution is -0.494. The molecule has 0 aliphatic carbocycles. The van der Waals surface area contributed by atoms with Crippen LogP contribution in [0.3, 0.4) is 0 Å². The number of amides is 1. The lowest BCUT2D eigenvalue weighted by atomic mass is 9.73. The molecule has 3 saturated heterocycles. The van der Waals surface area contributed by atoms with E-state index in [1.165, 1.54) is 14.0 Å². The Labute approximate surface area is 341 Å². The number of para-hydroxylation sites is 2. The zero-order valence-corrected chi connectivity index (χ0v) is 36.0. The van der Waals surface area contributed by atoms with Crippen LogP contribution in [0.1, 0.15) is 81.1 Å². The van der Waals surface area contributed by atoms with Gasteiger partial charge in [0.15, 0.2) is 23.4 Å². The van der Waals surface area contributed by atoms with Gasteiger partial charge >= 0.3 is 12.1 Å². The van der Waals surface area contributed by atoms with Gasteiger partial charge < -0.3 is 43.5 Å². The fourth-order valence-corrected chi connectivity index (χ4v) is 10.2. The van der Waals surface area contributed by atoms with Gasteiger partial charge in [-0.15, -0.1) is 0 Å². The van der Waals surface area contributed by atoms with Crippen LogP contribution in [-0.2, 0) is 39.8 Å². The predicted octanol–water partition coefficient (Wildman–Crippen LogP) is 4.20. The Hall–Kier alpha value is -3.67. The molecule has 0 radical (unpaired) electrons. The summed E-state index contributed by atoms with van der Waals surface area (Å²) in [5, 5.41) is 29.5. The highest BCUT2D eigenvalue weighted by Gasteiger charge is 2.63. The largest absolute Gasteiger partial charge is 0.623 e. The minimum absolute atomic E-state index is 0.158. The van der Waals surface area contributed by atoms with Gasteiger partial charge in [0, 0.05) is 38.1 Å². The Kier molecular flexibility index (Phi) is 13.0. The number of esters is 1. The van der Waals surface area contributed by atoms with Crippen molar-refractivity contribution in [2.24, 2.45) is 23.7 Å². The topological polar surface area (TPSA) is 171 Å². The SMILES string of the molecule is CC[C@@H]1OC(=O)[C@H](C)C(=O)[C@H](C)[C@@H](O[C@@H]2O[C@H](C)C[C@H](N(C)C)[C@H]2O)[C@@](C)(OC)C[C@@H](C)C2=[N+]([O-])CN(CCCn3cnc4ccccc43)N3C(=O)O[C@@]1(C)[C@H]3[C@H]2C. The number of aliphatic hydroxyl groups excluding tert-OH is 1. The third kappa shape index (κ3) is 7.99. The number of cyclic esters (lactones) is 1. The van der Waals surface area contributed by atoms with E-state index in [1.54, 1.807) is 30.2 Å². The highest BCUT2D eigenvalue weighted by molar-refractivity contribution is 6.00. The van der Waals surface area contributed by atoms with Crippen molar-refractivity contribution < 1.29 is 47.9 Å². The summed E-state index contributed by atoms with van der Waals surface area (Å²) in [7, 11) is 5.29. The van der Waals surface area contributed by atoms with E-state index in [0.29, 0.717) is 31.6 Å². The summed E-state index contributed by atoms with van der Waals surface area (Å²) in [6, 6.07) is 6.82.